The summed E-state index contributed by atoms with van der Waals surface area (Å²) < 4.78 is 0. The van der Waals surface area contributed by atoms with Crippen LogP contribution in [-0.2, 0) is 0 Å². The summed E-state index contributed by atoms with van der Waals surface area (Å²) in [7, 11) is 0. The van der Waals surface area contributed by atoms with Gasteiger partial charge in [-0.15, -0.1) is 11.3 Å². The quantitative estimate of drug-likeness (QED) is 0.542. The maximum atomic E-state index is 4.69. The molecule has 0 bridgehead atoms. The van der Waals surface area contributed by atoms with Crippen LogP contribution in [0.1, 0.15) is 39.8 Å². The number of anilines is 1. The predicted molar refractivity (Wildman–Crippen MR) is 104 cm³/mol. The molecule has 0 aromatic carbocycles. The summed E-state index contributed by atoms with van der Waals surface area (Å²) in [5, 5.41) is 6.20. The van der Waals surface area contributed by atoms with Crippen LogP contribution in [0.15, 0.2) is 59.0 Å². The monoisotopic (exact) mass is 332 g/mol. The van der Waals surface area contributed by atoms with Crippen LogP contribution in [0.2, 0.25) is 0 Å². The highest BCUT2D eigenvalue weighted by Gasteiger charge is 2.11. The summed E-state index contributed by atoms with van der Waals surface area (Å²) in [6, 6.07) is 0. The Morgan fingerprint density at radius 2 is 2.09 bits per heavy atom. The van der Waals surface area contributed by atoms with Crippen molar-refractivity contribution in [3.8, 4) is 0 Å². The summed E-state index contributed by atoms with van der Waals surface area (Å²) in [5.74, 6) is 0. The van der Waals surface area contributed by atoms with Crippen LogP contribution < -0.4 is 5.32 Å². The van der Waals surface area contributed by atoms with Crippen LogP contribution >= 0.6 is 23.1 Å². The van der Waals surface area contributed by atoms with Crippen LogP contribution in [0.5, 0.6) is 0 Å². The average molecular weight is 333 g/mol. The van der Waals surface area contributed by atoms with E-state index in [1.54, 1.807) is 35.3 Å². The molecule has 0 aliphatic rings. The summed E-state index contributed by atoms with van der Waals surface area (Å²) in [6.07, 6.45) is 8.65. The molecule has 0 saturated heterocycles. The van der Waals surface area contributed by atoms with Crippen molar-refractivity contribution in [2.45, 2.75) is 34.1 Å². The SMILES string of the molecule is C=C/C=C(\C=C)Nc1nc(C(S/C(C)=C/CC)=C(C)C)cs1. The van der Waals surface area contributed by atoms with E-state index in [0.717, 1.165) is 22.9 Å². The Morgan fingerprint density at radius 3 is 2.64 bits per heavy atom. The first-order valence-electron chi connectivity index (χ1n) is 7.22. The first-order valence-corrected chi connectivity index (χ1v) is 8.91. The van der Waals surface area contributed by atoms with Crippen LogP contribution in [-0.4, -0.2) is 4.98 Å². The molecule has 0 saturated carbocycles. The van der Waals surface area contributed by atoms with Gasteiger partial charge in [-0.25, -0.2) is 4.98 Å². The summed E-state index contributed by atoms with van der Waals surface area (Å²) >= 11 is 3.38. The lowest BCUT2D eigenvalue weighted by molar-refractivity contribution is 1.21. The molecule has 0 atom stereocenters. The van der Waals surface area contributed by atoms with Crippen molar-refractivity contribution in [1.82, 2.24) is 4.98 Å². The van der Waals surface area contributed by atoms with Gasteiger partial charge in [0.2, 0.25) is 0 Å². The summed E-state index contributed by atoms with van der Waals surface area (Å²) in [6.45, 7) is 16.0. The van der Waals surface area contributed by atoms with Gasteiger partial charge in [0.05, 0.1) is 5.69 Å². The molecular weight excluding hydrogens is 308 g/mol. The van der Waals surface area contributed by atoms with Gasteiger partial charge in [-0.3, -0.25) is 0 Å². The molecule has 1 rings (SSSR count). The Balaban J connectivity index is 2.99. The van der Waals surface area contributed by atoms with Gasteiger partial charge in [-0.2, -0.15) is 0 Å². The minimum atomic E-state index is 0.861. The lowest BCUT2D eigenvalue weighted by Gasteiger charge is -2.07. The molecule has 0 aliphatic heterocycles. The largest absolute Gasteiger partial charge is 0.332 e. The van der Waals surface area contributed by atoms with Crippen LogP contribution in [0.25, 0.3) is 4.91 Å². The molecule has 2 nitrogen and oxygen atoms in total. The van der Waals surface area contributed by atoms with Crippen molar-refractivity contribution in [2.24, 2.45) is 0 Å². The maximum Gasteiger partial charge on any atom is 0.187 e. The number of hydrogen-bond acceptors (Lipinski definition) is 4. The van der Waals surface area contributed by atoms with E-state index < -0.39 is 0 Å². The fourth-order valence-corrected chi connectivity index (χ4v) is 3.53. The van der Waals surface area contributed by atoms with E-state index in [9.17, 15) is 0 Å². The normalized spacial score (nSPS) is 12.0. The smallest absolute Gasteiger partial charge is 0.187 e. The fraction of sp³-hybridized carbons (Fsp3) is 0.278. The van der Waals surface area contributed by atoms with Crippen molar-refractivity contribution >= 4 is 33.1 Å². The minimum Gasteiger partial charge on any atom is -0.332 e. The zero-order chi connectivity index (χ0) is 16.5. The highest BCUT2D eigenvalue weighted by Crippen LogP contribution is 2.37. The number of thiazole rings is 1. The number of nitrogens with zero attached hydrogens (tertiary/aromatic N) is 1. The number of thioether (sulfide) groups is 1. The van der Waals surface area contributed by atoms with Gasteiger partial charge in [-0.05, 0) is 44.2 Å². The van der Waals surface area contributed by atoms with E-state index in [0.29, 0.717) is 0 Å². The second-order valence-electron chi connectivity index (χ2n) is 4.88. The van der Waals surface area contributed by atoms with Gasteiger partial charge in [0.15, 0.2) is 5.13 Å². The van der Waals surface area contributed by atoms with Crippen LogP contribution in [0.3, 0.4) is 0 Å². The van der Waals surface area contributed by atoms with Gasteiger partial charge < -0.3 is 5.32 Å². The standard InChI is InChI=1S/C18H24N2S2/c1-7-10-14(6)22-17(13(4)5)16-12-21-18(20-16)19-15(9-3)11-8-2/h8-12H,2-3,7H2,1,4-6H3,(H,19,20)/b14-10+,15-11+. The van der Waals surface area contributed by atoms with Gasteiger partial charge in [0.25, 0.3) is 0 Å². The molecule has 0 aliphatic carbocycles. The average Bonchev–Trinajstić information content (AvgIpc) is 2.92. The third kappa shape index (κ3) is 5.70. The molecule has 1 aromatic heterocycles. The molecule has 0 spiro atoms. The zero-order valence-corrected chi connectivity index (χ0v) is 15.4. The highest BCUT2D eigenvalue weighted by molar-refractivity contribution is 8.11. The van der Waals surface area contributed by atoms with Crippen molar-refractivity contribution in [3.05, 3.63) is 64.7 Å². The molecule has 1 heterocycles. The molecule has 1 N–H and O–H groups in total. The topological polar surface area (TPSA) is 24.9 Å². The first kappa shape index (κ1) is 18.5. The predicted octanol–water partition coefficient (Wildman–Crippen LogP) is 6.61. The van der Waals surface area contributed by atoms with E-state index >= 15 is 0 Å². The number of nitrogens with one attached hydrogen (secondary N) is 1. The second kappa shape index (κ2) is 9.49. The Kier molecular flexibility index (Phi) is 7.99. The molecule has 0 unspecified atom stereocenters. The van der Waals surface area contributed by atoms with Crippen molar-refractivity contribution in [2.75, 3.05) is 5.32 Å². The third-order valence-corrected chi connectivity index (χ3v) is 4.78. The Bertz CT molecular complexity index is 615. The third-order valence-electron chi connectivity index (χ3n) is 2.71. The molecule has 0 radical (unpaired) electrons. The first-order chi connectivity index (χ1) is 10.5. The number of rotatable bonds is 8. The number of aromatic nitrogens is 1. The Hall–Kier alpha value is -1.52. The summed E-state index contributed by atoms with van der Waals surface area (Å²) in [5.41, 5.74) is 3.18. The lowest BCUT2D eigenvalue weighted by Crippen LogP contribution is -1.96. The molecule has 118 valence electrons. The zero-order valence-electron chi connectivity index (χ0n) is 13.8. The van der Waals surface area contributed by atoms with E-state index in [4.69, 9.17) is 4.98 Å². The van der Waals surface area contributed by atoms with Crippen molar-refractivity contribution in [1.29, 1.82) is 0 Å². The van der Waals surface area contributed by atoms with Gasteiger partial charge in [-0.1, -0.05) is 49.6 Å². The van der Waals surface area contributed by atoms with Gasteiger partial charge >= 0.3 is 0 Å². The molecule has 0 amide bonds. The fourth-order valence-electron chi connectivity index (χ4n) is 1.75. The van der Waals surface area contributed by atoms with Crippen LogP contribution in [0.4, 0.5) is 5.13 Å². The van der Waals surface area contributed by atoms with Gasteiger partial charge in [0, 0.05) is 16.0 Å². The second-order valence-corrected chi connectivity index (χ2v) is 6.99. The van der Waals surface area contributed by atoms with Gasteiger partial charge in [0.1, 0.15) is 0 Å². The Morgan fingerprint density at radius 1 is 1.36 bits per heavy atom. The van der Waals surface area contributed by atoms with Crippen LogP contribution in [0, 0.1) is 0 Å². The van der Waals surface area contributed by atoms with E-state index in [-0.39, 0.29) is 0 Å². The molecule has 0 fully saturated rings. The van der Waals surface area contributed by atoms with E-state index in [2.05, 4.69) is 57.6 Å². The van der Waals surface area contributed by atoms with Crippen molar-refractivity contribution < 1.29 is 0 Å². The highest BCUT2D eigenvalue weighted by atomic mass is 32.2. The molecule has 22 heavy (non-hydrogen) atoms. The lowest BCUT2D eigenvalue weighted by atomic mass is 10.3. The molecule has 4 heteroatoms. The summed E-state index contributed by atoms with van der Waals surface area (Å²) in [4.78, 5) is 7.22. The molecular formula is C18H24N2S2. The number of allylic oxidation sites excluding steroid dienone is 6. The number of hydrogen-bond donors (Lipinski definition) is 1. The van der Waals surface area contributed by atoms with E-state index in [1.165, 1.54) is 15.4 Å². The minimum absolute atomic E-state index is 0.861. The maximum absolute atomic E-state index is 4.69. The molecule has 1 aromatic rings. The van der Waals surface area contributed by atoms with E-state index in [1.807, 2.05) is 6.08 Å². The van der Waals surface area contributed by atoms with Crippen molar-refractivity contribution in [3.63, 3.8) is 0 Å². The Labute approximate surface area is 142 Å².